The molecule has 0 saturated carbocycles. The smallest absolute Gasteiger partial charge is 0.135 e. The number of benzene rings is 2. The van der Waals surface area contributed by atoms with Gasteiger partial charge in [-0.2, -0.15) is 0 Å². The zero-order chi connectivity index (χ0) is 16.1. The molecule has 0 unspecified atom stereocenters. The van der Waals surface area contributed by atoms with Crippen LogP contribution in [0.25, 0.3) is 0 Å². The molecule has 0 aliphatic heterocycles. The van der Waals surface area contributed by atoms with E-state index >= 15 is 0 Å². The normalized spacial score (nSPS) is 10.3. The van der Waals surface area contributed by atoms with Crippen molar-refractivity contribution >= 4 is 17.3 Å². The maximum atomic E-state index is 12.9. The molecular formula is C18H17FN4. The van der Waals surface area contributed by atoms with Crippen molar-refractivity contribution in [3.8, 4) is 0 Å². The molecule has 0 spiro atoms. The molecule has 0 amide bonds. The summed E-state index contributed by atoms with van der Waals surface area (Å²) in [5.41, 5.74) is 3.16. The average molecular weight is 308 g/mol. The molecule has 116 valence electrons. The van der Waals surface area contributed by atoms with Crippen LogP contribution in [0.2, 0.25) is 0 Å². The summed E-state index contributed by atoms with van der Waals surface area (Å²) in [7, 11) is 0. The van der Waals surface area contributed by atoms with Gasteiger partial charge in [0.25, 0.3) is 0 Å². The van der Waals surface area contributed by atoms with Gasteiger partial charge in [-0.3, -0.25) is 0 Å². The van der Waals surface area contributed by atoms with Crippen molar-refractivity contribution in [2.75, 3.05) is 10.6 Å². The number of hydrogen-bond acceptors (Lipinski definition) is 4. The molecule has 1 aromatic heterocycles. The fourth-order valence-corrected chi connectivity index (χ4v) is 2.10. The number of aryl methyl sites for hydroxylation is 1. The van der Waals surface area contributed by atoms with Crippen LogP contribution in [0.5, 0.6) is 0 Å². The van der Waals surface area contributed by atoms with Gasteiger partial charge in [0.2, 0.25) is 0 Å². The van der Waals surface area contributed by atoms with Gasteiger partial charge in [-0.25, -0.2) is 14.4 Å². The van der Waals surface area contributed by atoms with E-state index in [0.717, 1.165) is 11.3 Å². The van der Waals surface area contributed by atoms with E-state index in [1.165, 1.54) is 24.0 Å². The van der Waals surface area contributed by atoms with Gasteiger partial charge < -0.3 is 10.6 Å². The quantitative estimate of drug-likeness (QED) is 0.738. The molecule has 0 aliphatic rings. The van der Waals surface area contributed by atoms with Crippen LogP contribution in [0.4, 0.5) is 21.7 Å². The second kappa shape index (κ2) is 6.87. The number of aromatic nitrogens is 2. The summed E-state index contributed by atoms with van der Waals surface area (Å²) in [6.45, 7) is 2.62. The van der Waals surface area contributed by atoms with E-state index in [2.05, 4.69) is 20.6 Å². The van der Waals surface area contributed by atoms with Crippen molar-refractivity contribution < 1.29 is 4.39 Å². The maximum Gasteiger partial charge on any atom is 0.135 e. The fraction of sp³-hybridized carbons (Fsp3) is 0.111. The molecule has 1 heterocycles. The standard InChI is InChI=1S/C18H17FN4/c1-13-2-8-16(9-3-13)23-18-10-17(21-12-22-18)20-11-14-4-6-15(19)7-5-14/h2-10,12H,11H2,1H3,(H2,20,21,22,23). The number of hydrogen-bond donors (Lipinski definition) is 2. The molecule has 4 nitrogen and oxygen atoms in total. The first-order valence-electron chi connectivity index (χ1n) is 7.33. The first kappa shape index (κ1) is 15.0. The highest BCUT2D eigenvalue weighted by molar-refractivity contribution is 5.59. The van der Waals surface area contributed by atoms with E-state index in [1.54, 1.807) is 12.1 Å². The van der Waals surface area contributed by atoms with E-state index in [0.29, 0.717) is 18.2 Å². The SMILES string of the molecule is Cc1ccc(Nc2cc(NCc3ccc(F)cc3)ncn2)cc1. The summed E-state index contributed by atoms with van der Waals surface area (Å²) in [5.74, 6) is 1.18. The van der Waals surface area contributed by atoms with Crippen molar-refractivity contribution in [1.29, 1.82) is 0 Å². The van der Waals surface area contributed by atoms with Gasteiger partial charge in [-0.15, -0.1) is 0 Å². The highest BCUT2D eigenvalue weighted by Gasteiger charge is 2.00. The first-order chi connectivity index (χ1) is 11.2. The molecule has 3 aromatic rings. The highest BCUT2D eigenvalue weighted by atomic mass is 19.1. The van der Waals surface area contributed by atoms with Gasteiger partial charge in [0.1, 0.15) is 23.8 Å². The number of halogens is 1. The summed E-state index contributed by atoms with van der Waals surface area (Å²) in [6.07, 6.45) is 1.50. The number of nitrogens with one attached hydrogen (secondary N) is 2. The summed E-state index contributed by atoms with van der Waals surface area (Å²) < 4.78 is 12.9. The van der Waals surface area contributed by atoms with E-state index < -0.39 is 0 Å². The van der Waals surface area contributed by atoms with Gasteiger partial charge in [0.05, 0.1) is 0 Å². The molecular weight excluding hydrogens is 291 g/mol. The Morgan fingerprint density at radius 3 is 2.35 bits per heavy atom. The Labute approximate surface area is 134 Å². The molecule has 0 aliphatic carbocycles. The van der Waals surface area contributed by atoms with Gasteiger partial charge in [0, 0.05) is 18.3 Å². The van der Waals surface area contributed by atoms with Gasteiger partial charge >= 0.3 is 0 Å². The molecule has 0 atom stereocenters. The summed E-state index contributed by atoms with van der Waals surface area (Å²) >= 11 is 0. The van der Waals surface area contributed by atoms with Crippen molar-refractivity contribution in [3.63, 3.8) is 0 Å². The third-order valence-electron chi connectivity index (χ3n) is 3.38. The first-order valence-corrected chi connectivity index (χ1v) is 7.33. The molecule has 3 rings (SSSR count). The van der Waals surface area contributed by atoms with Crippen LogP contribution >= 0.6 is 0 Å². The minimum atomic E-state index is -0.236. The lowest BCUT2D eigenvalue weighted by atomic mass is 10.2. The van der Waals surface area contributed by atoms with E-state index in [-0.39, 0.29) is 5.82 Å². The van der Waals surface area contributed by atoms with Crippen LogP contribution in [0.3, 0.4) is 0 Å². The predicted molar refractivity (Wildman–Crippen MR) is 90.2 cm³/mol. The van der Waals surface area contributed by atoms with Crippen LogP contribution in [-0.4, -0.2) is 9.97 Å². The third kappa shape index (κ3) is 4.26. The van der Waals surface area contributed by atoms with Crippen molar-refractivity contribution in [1.82, 2.24) is 9.97 Å². The lowest BCUT2D eigenvalue weighted by molar-refractivity contribution is 0.627. The van der Waals surface area contributed by atoms with Crippen LogP contribution in [0.1, 0.15) is 11.1 Å². The van der Waals surface area contributed by atoms with Crippen molar-refractivity contribution in [3.05, 3.63) is 77.9 Å². The van der Waals surface area contributed by atoms with Crippen LogP contribution in [0, 0.1) is 12.7 Å². The fourth-order valence-electron chi connectivity index (χ4n) is 2.10. The Morgan fingerprint density at radius 1 is 0.913 bits per heavy atom. The molecule has 0 fully saturated rings. The van der Waals surface area contributed by atoms with Gasteiger partial charge in [-0.05, 0) is 36.8 Å². The minimum Gasteiger partial charge on any atom is -0.366 e. The Kier molecular flexibility index (Phi) is 4.47. The molecule has 0 bridgehead atoms. The van der Waals surface area contributed by atoms with E-state index in [4.69, 9.17) is 0 Å². The zero-order valence-corrected chi connectivity index (χ0v) is 12.8. The average Bonchev–Trinajstić information content (AvgIpc) is 2.57. The zero-order valence-electron chi connectivity index (χ0n) is 12.8. The van der Waals surface area contributed by atoms with Crippen LogP contribution < -0.4 is 10.6 Å². The summed E-state index contributed by atoms with van der Waals surface area (Å²) in [4.78, 5) is 8.40. The van der Waals surface area contributed by atoms with Crippen molar-refractivity contribution in [2.45, 2.75) is 13.5 Å². The minimum absolute atomic E-state index is 0.236. The van der Waals surface area contributed by atoms with Crippen LogP contribution in [0.15, 0.2) is 60.9 Å². The van der Waals surface area contributed by atoms with E-state index in [9.17, 15) is 4.39 Å². The topological polar surface area (TPSA) is 49.8 Å². The highest BCUT2D eigenvalue weighted by Crippen LogP contribution is 2.17. The number of anilines is 3. The number of nitrogens with zero attached hydrogens (tertiary/aromatic N) is 2. The predicted octanol–water partition coefficient (Wildman–Crippen LogP) is 4.28. The lowest BCUT2D eigenvalue weighted by Gasteiger charge is -2.09. The number of rotatable bonds is 5. The van der Waals surface area contributed by atoms with Crippen molar-refractivity contribution in [2.24, 2.45) is 0 Å². The molecule has 0 radical (unpaired) electrons. The Bertz CT molecular complexity index is 770. The molecule has 23 heavy (non-hydrogen) atoms. The lowest BCUT2D eigenvalue weighted by Crippen LogP contribution is -2.03. The largest absolute Gasteiger partial charge is 0.366 e. The molecule has 0 saturated heterocycles. The summed E-state index contributed by atoms with van der Waals surface area (Å²) in [6, 6.07) is 16.3. The van der Waals surface area contributed by atoms with Gasteiger partial charge in [-0.1, -0.05) is 29.8 Å². The van der Waals surface area contributed by atoms with Gasteiger partial charge in [0.15, 0.2) is 0 Å². The monoisotopic (exact) mass is 308 g/mol. The Morgan fingerprint density at radius 2 is 1.61 bits per heavy atom. The summed E-state index contributed by atoms with van der Waals surface area (Å²) in [5, 5.41) is 6.44. The second-order valence-corrected chi connectivity index (χ2v) is 5.26. The molecule has 2 N–H and O–H groups in total. The third-order valence-corrected chi connectivity index (χ3v) is 3.38. The molecule has 5 heteroatoms. The van der Waals surface area contributed by atoms with E-state index in [1.807, 2.05) is 37.3 Å². The molecule has 2 aromatic carbocycles. The Balaban J connectivity index is 1.65. The Hall–Kier alpha value is -2.95. The second-order valence-electron chi connectivity index (χ2n) is 5.26. The maximum absolute atomic E-state index is 12.9. The van der Waals surface area contributed by atoms with Crippen LogP contribution in [-0.2, 0) is 6.54 Å².